The molecule has 8 nitrogen and oxygen atoms in total. The molecule has 0 unspecified atom stereocenters. The fourth-order valence-electron chi connectivity index (χ4n) is 4.26. The van der Waals surface area contributed by atoms with Crippen molar-refractivity contribution in [3.8, 4) is 5.75 Å². The highest BCUT2D eigenvalue weighted by Gasteiger charge is 2.16. The first-order chi connectivity index (χ1) is 20.9. The minimum absolute atomic E-state index is 0.0881. The summed E-state index contributed by atoms with van der Waals surface area (Å²) in [5, 5.41) is 9.83. The Labute approximate surface area is 257 Å². The van der Waals surface area contributed by atoms with Crippen LogP contribution in [0.3, 0.4) is 0 Å². The summed E-state index contributed by atoms with van der Waals surface area (Å²) < 4.78 is 5.27. The smallest absolute Gasteiger partial charge is 0.272 e. The van der Waals surface area contributed by atoms with Gasteiger partial charge in [-0.2, -0.15) is 0 Å². The molecule has 0 aliphatic carbocycles. The number of hydrogen-bond acceptors (Lipinski definition) is 5. The number of aromatic amines is 1. The minimum Gasteiger partial charge on any atom is -0.495 e. The zero-order chi connectivity index (χ0) is 30.2. The van der Waals surface area contributed by atoms with Gasteiger partial charge in [-0.05, 0) is 66.7 Å². The Kier molecular flexibility index (Phi) is 9.46. The topological polar surface area (TPSA) is 112 Å². The van der Waals surface area contributed by atoms with E-state index in [1.54, 1.807) is 79.0 Å². The van der Waals surface area contributed by atoms with E-state index in [1.807, 2.05) is 30.3 Å². The summed E-state index contributed by atoms with van der Waals surface area (Å²) in [5.41, 5.74) is 3.21. The molecule has 0 radical (unpaired) electrons. The Morgan fingerprint density at radius 1 is 0.907 bits per heavy atom. The Morgan fingerprint density at radius 2 is 1.65 bits per heavy atom. The third-order valence-corrected chi connectivity index (χ3v) is 7.61. The number of hydrogen-bond donors (Lipinski definition) is 4. The number of methoxy groups -OCH3 is 1. The van der Waals surface area contributed by atoms with Crippen LogP contribution in [-0.2, 0) is 9.59 Å². The lowest BCUT2D eigenvalue weighted by atomic mass is 10.1. The number of halogens is 1. The van der Waals surface area contributed by atoms with Crippen LogP contribution in [0.25, 0.3) is 17.0 Å². The summed E-state index contributed by atoms with van der Waals surface area (Å²) >= 11 is 7.38. The maximum Gasteiger partial charge on any atom is 0.272 e. The molecule has 3 amide bonds. The molecular weight excluding hydrogens is 584 g/mol. The maximum absolute atomic E-state index is 13.4. The number of ether oxygens (including phenoxy) is 1. The van der Waals surface area contributed by atoms with Crippen LogP contribution in [0.4, 0.5) is 11.4 Å². The average molecular weight is 611 g/mol. The van der Waals surface area contributed by atoms with Gasteiger partial charge in [0.1, 0.15) is 11.4 Å². The molecule has 43 heavy (non-hydrogen) atoms. The van der Waals surface area contributed by atoms with Crippen molar-refractivity contribution >= 4 is 69.4 Å². The number of anilines is 2. The predicted octanol–water partition coefficient (Wildman–Crippen LogP) is 6.97. The van der Waals surface area contributed by atoms with Crippen molar-refractivity contribution in [3.05, 3.63) is 125 Å². The highest BCUT2D eigenvalue weighted by atomic mass is 35.5. The monoisotopic (exact) mass is 610 g/mol. The van der Waals surface area contributed by atoms with Crippen molar-refractivity contribution in [2.24, 2.45) is 0 Å². The lowest BCUT2D eigenvalue weighted by Crippen LogP contribution is -2.30. The average Bonchev–Trinajstić information content (AvgIpc) is 3.43. The molecule has 0 saturated carbocycles. The molecule has 4 N–H and O–H groups in total. The van der Waals surface area contributed by atoms with Crippen LogP contribution in [0.2, 0.25) is 5.02 Å². The second-order valence-corrected chi connectivity index (χ2v) is 10.8. The number of carbonyl (C=O) groups excluding carboxylic acids is 3. The molecule has 0 bridgehead atoms. The normalized spacial score (nSPS) is 11.2. The van der Waals surface area contributed by atoms with E-state index in [1.165, 1.54) is 18.9 Å². The van der Waals surface area contributed by atoms with Gasteiger partial charge in [-0.25, -0.2) is 0 Å². The molecule has 1 aromatic heterocycles. The fraction of sp³-hybridized carbons (Fsp3) is 0.0606. The summed E-state index contributed by atoms with van der Waals surface area (Å²) in [4.78, 5) is 42.9. The van der Waals surface area contributed by atoms with Gasteiger partial charge in [-0.1, -0.05) is 48.0 Å². The first-order valence-electron chi connectivity index (χ1n) is 13.2. The molecule has 0 aliphatic heterocycles. The van der Waals surface area contributed by atoms with E-state index in [4.69, 9.17) is 16.3 Å². The molecule has 5 rings (SSSR count). The fourth-order valence-corrected chi connectivity index (χ4v) is 5.13. The number of nitrogens with one attached hydrogen (secondary N) is 4. The van der Waals surface area contributed by atoms with Crippen LogP contribution in [0.5, 0.6) is 5.75 Å². The molecule has 0 saturated heterocycles. The van der Waals surface area contributed by atoms with Gasteiger partial charge in [0.2, 0.25) is 5.91 Å². The summed E-state index contributed by atoms with van der Waals surface area (Å²) in [6, 6.07) is 28.5. The number of fused-ring (bicyclic) bond motifs is 1. The van der Waals surface area contributed by atoms with E-state index in [2.05, 4.69) is 20.9 Å². The van der Waals surface area contributed by atoms with Crippen molar-refractivity contribution in [1.29, 1.82) is 0 Å². The third kappa shape index (κ3) is 7.65. The summed E-state index contributed by atoms with van der Waals surface area (Å²) in [6.07, 6.45) is 3.43. The van der Waals surface area contributed by atoms with Gasteiger partial charge in [0.15, 0.2) is 0 Å². The predicted molar refractivity (Wildman–Crippen MR) is 173 cm³/mol. The molecule has 0 aliphatic rings. The van der Waals surface area contributed by atoms with Crippen LogP contribution in [0, 0.1) is 0 Å². The third-order valence-electron chi connectivity index (χ3n) is 6.37. The van der Waals surface area contributed by atoms with Crippen LogP contribution >= 0.6 is 23.4 Å². The van der Waals surface area contributed by atoms with Gasteiger partial charge in [0.05, 0.1) is 18.6 Å². The first-order valence-corrected chi connectivity index (χ1v) is 14.6. The second-order valence-electron chi connectivity index (χ2n) is 9.33. The summed E-state index contributed by atoms with van der Waals surface area (Å²) in [6.45, 7) is 0. The largest absolute Gasteiger partial charge is 0.495 e. The Balaban J connectivity index is 1.26. The zero-order valence-corrected chi connectivity index (χ0v) is 24.6. The molecule has 5 aromatic rings. The van der Waals surface area contributed by atoms with E-state index in [0.717, 1.165) is 21.4 Å². The van der Waals surface area contributed by atoms with E-state index in [0.29, 0.717) is 27.7 Å². The van der Waals surface area contributed by atoms with Gasteiger partial charge in [-0.3, -0.25) is 14.4 Å². The zero-order valence-electron chi connectivity index (χ0n) is 23.0. The van der Waals surface area contributed by atoms with Gasteiger partial charge in [0, 0.05) is 43.8 Å². The Hall–Kier alpha value is -4.99. The number of H-pyrrole nitrogens is 1. The number of amides is 3. The minimum atomic E-state index is -0.482. The van der Waals surface area contributed by atoms with Crippen LogP contribution < -0.4 is 20.7 Å². The Bertz CT molecular complexity index is 1800. The molecule has 4 aromatic carbocycles. The highest BCUT2D eigenvalue weighted by Crippen LogP contribution is 2.28. The van der Waals surface area contributed by atoms with Crippen LogP contribution in [0.1, 0.15) is 15.9 Å². The first kappa shape index (κ1) is 29.5. The molecule has 1 heterocycles. The van der Waals surface area contributed by atoms with Gasteiger partial charge < -0.3 is 25.7 Å². The standard InChI is InChI=1S/C33H27ClN4O4S/c1-42-30-16-11-23(34)18-28(30)37-31(39)20-43-25-14-12-24(13-15-25)36-33(41)29(38-32(40)21-7-3-2-4-8-21)17-22-19-35-27-10-6-5-9-26(22)27/h2-19,35H,20H2,1H3,(H,36,41)(H,37,39)(H,38,40)/b29-17+. The van der Waals surface area contributed by atoms with Gasteiger partial charge >= 0.3 is 0 Å². The van der Waals surface area contributed by atoms with Crippen molar-refractivity contribution < 1.29 is 19.1 Å². The van der Waals surface area contributed by atoms with Crippen LogP contribution in [-0.4, -0.2) is 35.6 Å². The highest BCUT2D eigenvalue weighted by molar-refractivity contribution is 8.00. The summed E-state index contributed by atoms with van der Waals surface area (Å²) in [7, 11) is 1.52. The number of para-hydroxylation sites is 1. The van der Waals surface area contributed by atoms with Crippen molar-refractivity contribution in [2.45, 2.75) is 4.90 Å². The van der Waals surface area contributed by atoms with E-state index < -0.39 is 11.8 Å². The van der Waals surface area contributed by atoms with E-state index in [-0.39, 0.29) is 17.4 Å². The van der Waals surface area contributed by atoms with Crippen molar-refractivity contribution in [3.63, 3.8) is 0 Å². The number of benzene rings is 4. The molecule has 0 atom stereocenters. The maximum atomic E-state index is 13.4. The van der Waals surface area contributed by atoms with Gasteiger partial charge in [-0.15, -0.1) is 11.8 Å². The van der Waals surface area contributed by atoms with Crippen molar-refractivity contribution in [2.75, 3.05) is 23.5 Å². The van der Waals surface area contributed by atoms with E-state index >= 15 is 0 Å². The number of thioether (sulfide) groups is 1. The second kappa shape index (κ2) is 13.8. The van der Waals surface area contributed by atoms with Crippen LogP contribution in [0.15, 0.2) is 114 Å². The Morgan fingerprint density at radius 3 is 2.42 bits per heavy atom. The number of rotatable bonds is 10. The summed E-state index contributed by atoms with van der Waals surface area (Å²) in [5.74, 6) is -0.429. The lowest BCUT2D eigenvalue weighted by molar-refractivity contribution is -0.114. The SMILES string of the molecule is COc1ccc(Cl)cc1NC(=O)CSc1ccc(NC(=O)/C(=C\c2c[nH]c3ccccc23)NC(=O)c2ccccc2)cc1. The van der Waals surface area contributed by atoms with E-state index in [9.17, 15) is 14.4 Å². The molecular formula is C33H27ClN4O4S. The molecule has 0 fully saturated rings. The number of aromatic nitrogens is 1. The lowest BCUT2D eigenvalue weighted by Gasteiger charge is -2.12. The quantitative estimate of drug-likeness (QED) is 0.101. The molecule has 216 valence electrons. The molecule has 10 heteroatoms. The number of carbonyl (C=O) groups is 3. The van der Waals surface area contributed by atoms with Crippen molar-refractivity contribution in [1.82, 2.24) is 10.3 Å². The van der Waals surface area contributed by atoms with Gasteiger partial charge in [0.25, 0.3) is 11.8 Å². The molecule has 0 spiro atoms.